The van der Waals surface area contributed by atoms with E-state index in [-0.39, 0.29) is 12.5 Å². The molecule has 3 N–H and O–H groups in total. The van der Waals surface area contributed by atoms with Crippen LogP contribution in [0.5, 0.6) is 17.4 Å². The molecule has 0 aliphatic carbocycles. The Labute approximate surface area is 199 Å². The molecule has 3 aromatic rings. The Balaban J connectivity index is 1.33. The van der Waals surface area contributed by atoms with E-state index in [9.17, 15) is 4.79 Å². The van der Waals surface area contributed by atoms with Crippen molar-refractivity contribution in [2.45, 2.75) is 32.5 Å². The van der Waals surface area contributed by atoms with Gasteiger partial charge in [-0.1, -0.05) is 0 Å². The minimum absolute atomic E-state index is 0.221. The number of hydrogen-bond donors (Lipinski definition) is 3. The molecular weight excluding hydrogens is 434 g/mol. The van der Waals surface area contributed by atoms with Crippen LogP contribution < -0.4 is 29.7 Å². The molecule has 2 heterocycles. The summed E-state index contributed by atoms with van der Waals surface area (Å²) in [6, 6.07) is 15.7. The monoisotopic (exact) mass is 465 g/mol. The van der Waals surface area contributed by atoms with Crippen molar-refractivity contribution in [3.8, 4) is 17.4 Å². The first kappa shape index (κ1) is 23.4. The summed E-state index contributed by atoms with van der Waals surface area (Å²) < 4.78 is 16.3. The van der Waals surface area contributed by atoms with E-state index in [2.05, 4.69) is 39.6 Å². The standard InChI is InChI=1S/C25H31N5O4/c1-16-13-30(14-17(2)26-16)20-7-5-19(6-8-20)25(31)27-23-12-24(29-28-23)34-15-18-9-21(32-3)11-22(10-18)33-4/h5-12,16-17,26H,13-15H2,1-4H3,(H2,27,28,29,31). The van der Waals surface area contributed by atoms with Gasteiger partial charge in [-0.3, -0.25) is 9.89 Å². The van der Waals surface area contributed by atoms with Gasteiger partial charge in [-0.05, 0) is 55.8 Å². The number of aromatic nitrogens is 2. The van der Waals surface area contributed by atoms with Gasteiger partial charge in [0.15, 0.2) is 0 Å². The molecule has 2 atom stereocenters. The van der Waals surface area contributed by atoms with Gasteiger partial charge in [0.1, 0.15) is 23.9 Å². The first-order valence-electron chi connectivity index (χ1n) is 11.3. The van der Waals surface area contributed by atoms with E-state index < -0.39 is 0 Å². The highest BCUT2D eigenvalue weighted by Gasteiger charge is 2.21. The van der Waals surface area contributed by atoms with Crippen LogP contribution in [0, 0.1) is 0 Å². The van der Waals surface area contributed by atoms with Crippen molar-refractivity contribution in [3.05, 3.63) is 59.7 Å². The molecule has 1 aliphatic heterocycles. The minimum Gasteiger partial charge on any atom is -0.497 e. The van der Waals surface area contributed by atoms with E-state index in [0.29, 0.717) is 40.8 Å². The molecule has 9 nitrogen and oxygen atoms in total. The van der Waals surface area contributed by atoms with Crippen LogP contribution in [0.25, 0.3) is 0 Å². The number of carbonyl (C=O) groups is 1. The predicted molar refractivity (Wildman–Crippen MR) is 131 cm³/mol. The zero-order valence-corrected chi connectivity index (χ0v) is 19.9. The Hall–Kier alpha value is -3.72. The highest BCUT2D eigenvalue weighted by Crippen LogP contribution is 2.24. The predicted octanol–water partition coefficient (Wildman–Crippen LogP) is 3.44. The molecule has 4 rings (SSSR count). The molecule has 2 unspecified atom stereocenters. The van der Waals surface area contributed by atoms with E-state index in [4.69, 9.17) is 14.2 Å². The van der Waals surface area contributed by atoms with Crippen molar-refractivity contribution in [1.29, 1.82) is 0 Å². The Morgan fingerprint density at radius 3 is 2.29 bits per heavy atom. The summed E-state index contributed by atoms with van der Waals surface area (Å²) in [6.07, 6.45) is 0. The molecule has 1 amide bonds. The molecule has 34 heavy (non-hydrogen) atoms. The fourth-order valence-corrected chi connectivity index (χ4v) is 4.10. The van der Waals surface area contributed by atoms with Crippen molar-refractivity contribution < 1.29 is 19.0 Å². The number of methoxy groups -OCH3 is 2. The van der Waals surface area contributed by atoms with Gasteiger partial charge in [-0.2, -0.15) is 0 Å². The maximum absolute atomic E-state index is 12.7. The lowest BCUT2D eigenvalue weighted by Gasteiger charge is -2.37. The van der Waals surface area contributed by atoms with Gasteiger partial charge in [0, 0.05) is 48.6 Å². The average molecular weight is 466 g/mol. The number of nitrogens with zero attached hydrogens (tertiary/aromatic N) is 2. The lowest BCUT2D eigenvalue weighted by atomic mass is 10.1. The summed E-state index contributed by atoms with van der Waals surface area (Å²) in [7, 11) is 3.20. The van der Waals surface area contributed by atoms with Gasteiger partial charge < -0.3 is 29.7 Å². The Morgan fingerprint density at radius 1 is 1.03 bits per heavy atom. The Morgan fingerprint density at radius 2 is 1.68 bits per heavy atom. The molecule has 180 valence electrons. The second-order valence-corrected chi connectivity index (χ2v) is 8.50. The number of aromatic amines is 1. The third-order valence-corrected chi connectivity index (χ3v) is 5.65. The lowest BCUT2D eigenvalue weighted by molar-refractivity contribution is 0.102. The summed E-state index contributed by atoms with van der Waals surface area (Å²) >= 11 is 0. The van der Waals surface area contributed by atoms with Crippen LogP contribution in [0.1, 0.15) is 29.8 Å². The van der Waals surface area contributed by atoms with Crippen molar-refractivity contribution in [2.75, 3.05) is 37.5 Å². The zero-order chi connectivity index (χ0) is 24.1. The van der Waals surface area contributed by atoms with E-state index in [0.717, 1.165) is 24.3 Å². The molecule has 1 fully saturated rings. The maximum atomic E-state index is 12.7. The Bertz CT molecular complexity index is 1080. The van der Waals surface area contributed by atoms with Gasteiger partial charge in [-0.15, -0.1) is 5.10 Å². The number of benzene rings is 2. The van der Waals surface area contributed by atoms with Crippen LogP contribution in [-0.2, 0) is 6.61 Å². The number of amides is 1. The fourth-order valence-electron chi connectivity index (χ4n) is 4.10. The van der Waals surface area contributed by atoms with Crippen molar-refractivity contribution >= 4 is 17.4 Å². The van der Waals surface area contributed by atoms with Crippen molar-refractivity contribution in [2.24, 2.45) is 0 Å². The van der Waals surface area contributed by atoms with Crippen LogP contribution in [0.2, 0.25) is 0 Å². The number of carbonyl (C=O) groups excluding carboxylic acids is 1. The molecule has 9 heteroatoms. The minimum atomic E-state index is -0.221. The number of piperazine rings is 1. The van der Waals surface area contributed by atoms with E-state index in [1.807, 2.05) is 36.4 Å². The number of nitrogens with one attached hydrogen (secondary N) is 3. The first-order valence-corrected chi connectivity index (χ1v) is 11.3. The highest BCUT2D eigenvalue weighted by molar-refractivity contribution is 6.04. The molecule has 2 aromatic carbocycles. The van der Waals surface area contributed by atoms with Gasteiger partial charge in [0.25, 0.3) is 5.91 Å². The summed E-state index contributed by atoms with van der Waals surface area (Å²) in [4.78, 5) is 15.0. The average Bonchev–Trinajstić information content (AvgIpc) is 3.29. The molecule has 0 spiro atoms. The number of H-pyrrole nitrogens is 1. The molecule has 1 saturated heterocycles. The highest BCUT2D eigenvalue weighted by atomic mass is 16.5. The van der Waals surface area contributed by atoms with Crippen LogP contribution in [0.15, 0.2) is 48.5 Å². The smallest absolute Gasteiger partial charge is 0.256 e. The SMILES string of the molecule is COc1cc(COc2cc(NC(=O)c3ccc(N4CC(C)NC(C)C4)cc3)[nH]n2)cc(OC)c1. The quantitative estimate of drug-likeness (QED) is 0.468. The van der Waals surface area contributed by atoms with Crippen LogP contribution in [0.3, 0.4) is 0 Å². The van der Waals surface area contributed by atoms with Crippen LogP contribution in [0.4, 0.5) is 11.5 Å². The molecule has 1 aliphatic rings. The second-order valence-electron chi connectivity index (χ2n) is 8.50. The Kier molecular flexibility index (Phi) is 7.22. The van der Waals surface area contributed by atoms with Gasteiger partial charge in [0.2, 0.25) is 5.88 Å². The molecule has 0 bridgehead atoms. The maximum Gasteiger partial charge on any atom is 0.256 e. The van der Waals surface area contributed by atoms with Gasteiger partial charge in [-0.25, -0.2) is 0 Å². The number of rotatable bonds is 8. The zero-order valence-electron chi connectivity index (χ0n) is 19.9. The molecular formula is C25H31N5O4. The summed E-state index contributed by atoms with van der Waals surface area (Å²) in [5, 5.41) is 13.3. The topological polar surface area (TPSA) is 101 Å². The van der Waals surface area contributed by atoms with Gasteiger partial charge in [0.05, 0.1) is 14.2 Å². The third kappa shape index (κ3) is 5.79. The lowest BCUT2D eigenvalue weighted by Crippen LogP contribution is -2.54. The first-order chi connectivity index (χ1) is 16.4. The fraction of sp³-hybridized carbons (Fsp3) is 0.360. The second kappa shape index (κ2) is 10.5. The number of ether oxygens (including phenoxy) is 3. The van der Waals surface area contributed by atoms with E-state index in [1.165, 1.54) is 0 Å². The van der Waals surface area contributed by atoms with Crippen LogP contribution >= 0.6 is 0 Å². The largest absolute Gasteiger partial charge is 0.497 e. The summed E-state index contributed by atoms with van der Waals surface area (Å²) in [5.41, 5.74) is 2.56. The molecule has 0 saturated carbocycles. The number of hydrogen-bond acceptors (Lipinski definition) is 7. The van der Waals surface area contributed by atoms with E-state index >= 15 is 0 Å². The van der Waals surface area contributed by atoms with E-state index in [1.54, 1.807) is 26.4 Å². The molecule has 0 radical (unpaired) electrons. The number of anilines is 2. The van der Waals surface area contributed by atoms with Gasteiger partial charge >= 0.3 is 0 Å². The summed E-state index contributed by atoms with van der Waals surface area (Å²) in [5.74, 6) is 1.97. The summed E-state index contributed by atoms with van der Waals surface area (Å²) in [6.45, 7) is 6.52. The molecule has 1 aromatic heterocycles. The normalized spacial score (nSPS) is 17.8. The third-order valence-electron chi connectivity index (χ3n) is 5.65. The van der Waals surface area contributed by atoms with Crippen LogP contribution in [-0.4, -0.2) is 55.5 Å². The van der Waals surface area contributed by atoms with Crippen molar-refractivity contribution in [1.82, 2.24) is 15.5 Å². The van der Waals surface area contributed by atoms with Crippen molar-refractivity contribution in [3.63, 3.8) is 0 Å².